The van der Waals surface area contributed by atoms with E-state index in [-0.39, 0.29) is 17.9 Å². The van der Waals surface area contributed by atoms with E-state index in [0.717, 1.165) is 0 Å². The highest BCUT2D eigenvalue weighted by Crippen LogP contribution is 2.31. The van der Waals surface area contributed by atoms with E-state index in [1.54, 1.807) is 42.5 Å². The predicted octanol–water partition coefficient (Wildman–Crippen LogP) is 2.75. The summed E-state index contributed by atoms with van der Waals surface area (Å²) in [5.74, 6) is -1.55. The SMILES string of the molecule is O=C(CN1C(=O)C(=O)c2cc(Cl)ccc21)c1ccccc1. The van der Waals surface area contributed by atoms with Crippen molar-refractivity contribution in [2.75, 3.05) is 11.4 Å². The minimum absolute atomic E-state index is 0.163. The lowest BCUT2D eigenvalue weighted by molar-refractivity contribution is -0.114. The first-order chi connectivity index (χ1) is 10.1. The van der Waals surface area contributed by atoms with Crippen molar-refractivity contribution in [1.29, 1.82) is 0 Å². The zero-order chi connectivity index (χ0) is 15.0. The Labute approximate surface area is 125 Å². The van der Waals surface area contributed by atoms with Crippen LogP contribution in [0.5, 0.6) is 0 Å². The van der Waals surface area contributed by atoms with Crippen molar-refractivity contribution in [2.45, 2.75) is 0 Å². The van der Waals surface area contributed by atoms with E-state index in [4.69, 9.17) is 11.6 Å². The third-order valence-corrected chi connectivity index (χ3v) is 3.57. The standard InChI is InChI=1S/C16H10ClNO3/c17-11-6-7-13-12(8-11)15(20)16(21)18(13)9-14(19)10-4-2-1-3-5-10/h1-8H,9H2. The van der Waals surface area contributed by atoms with Crippen LogP contribution in [0.3, 0.4) is 0 Å². The van der Waals surface area contributed by atoms with E-state index >= 15 is 0 Å². The summed E-state index contributed by atoms with van der Waals surface area (Å²) in [4.78, 5) is 37.3. The molecule has 2 aromatic carbocycles. The van der Waals surface area contributed by atoms with Gasteiger partial charge in [-0.05, 0) is 18.2 Å². The number of rotatable bonds is 3. The number of fused-ring (bicyclic) bond motifs is 1. The monoisotopic (exact) mass is 299 g/mol. The quantitative estimate of drug-likeness (QED) is 0.647. The van der Waals surface area contributed by atoms with Gasteiger partial charge < -0.3 is 0 Å². The van der Waals surface area contributed by atoms with Crippen molar-refractivity contribution in [3.8, 4) is 0 Å². The normalized spacial score (nSPS) is 13.5. The molecule has 0 aliphatic carbocycles. The molecule has 4 nitrogen and oxygen atoms in total. The summed E-state index contributed by atoms with van der Waals surface area (Å²) < 4.78 is 0. The van der Waals surface area contributed by atoms with Gasteiger partial charge in [-0.2, -0.15) is 0 Å². The number of carbonyl (C=O) groups is 3. The van der Waals surface area contributed by atoms with Gasteiger partial charge in [0.05, 0.1) is 17.8 Å². The van der Waals surface area contributed by atoms with E-state index in [9.17, 15) is 14.4 Å². The largest absolute Gasteiger partial charge is 0.299 e. The summed E-state index contributed by atoms with van der Waals surface area (Å²) in [6.07, 6.45) is 0. The van der Waals surface area contributed by atoms with Crippen LogP contribution in [0, 0.1) is 0 Å². The molecule has 0 aromatic heterocycles. The molecule has 0 atom stereocenters. The number of halogens is 1. The minimum Gasteiger partial charge on any atom is -0.297 e. The number of anilines is 1. The number of amides is 1. The van der Waals surface area contributed by atoms with Crippen LogP contribution in [0.15, 0.2) is 48.5 Å². The molecule has 0 spiro atoms. The molecule has 1 aliphatic rings. The lowest BCUT2D eigenvalue weighted by atomic mass is 10.1. The van der Waals surface area contributed by atoms with Gasteiger partial charge in [0.25, 0.3) is 11.7 Å². The van der Waals surface area contributed by atoms with Gasteiger partial charge in [-0.3, -0.25) is 19.3 Å². The van der Waals surface area contributed by atoms with Gasteiger partial charge in [-0.1, -0.05) is 41.9 Å². The molecule has 1 aliphatic heterocycles. The third kappa shape index (κ3) is 2.34. The number of nitrogens with zero attached hydrogens (tertiary/aromatic N) is 1. The Bertz CT molecular complexity index is 755. The maximum absolute atomic E-state index is 12.2. The first-order valence-corrected chi connectivity index (χ1v) is 6.70. The molecule has 104 valence electrons. The number of ketones is 2. The van der Waals surface area contributed by atoms with Crippen LogP contribution in [-0.4, -0.2) is 24.0 Å². The molecule has 21 heavy (non-hydrogen) atoms. The Balaban J connectivity index is 1.92. The second-order valence-corrected chi connectivity index (χ2v) is 5.11. The van der Waals surface area contributed by atoms with Gasteiger partial charge in [0.2, 0.25) is 0 Å². The van der Waals surface area contributed by atoms with Crippen molar-refractivity contribution in [2.24, 2.45) is 0 Å². The summed E-state index contributed by atoms with van der Waals surface area (Å²) in [6.45, 7) is -0.163. The summed E-state index contributed by atoms with van der Waals surface area (Å²) >= 11 is 5.84. The zero-order valence-electron chi connectivity index (χ0n) is 10.9. The molecule has 0 bridgehead atoms. The Hall–Kier alpha value is -2.46. The number of hydrogen-bond donors (Lipinski definition) is 0. The lowest BCUT2D eigenvalue weighted by Gasteiger charge is -2.15. The Morgan fingerprint density at radius 2 is 1.76 bits per heavy atom. The van der Waals surface area contributed by atoms with Crippen molar-refractivity contribution >= 4 is 34.8 Å². The van der Waals surface area contributed by atoms with E-state index in [1.807, 2.05) is 0 Å². The van der Waals surface area contributed by atoms with Crippen molar-refractivity contribution in [1.82, 2.24) is 0 Å². The zero-order valence-corrected chi connectivity index (χ0v) is 11.6. The Morgan fingerprint density at radius 1 is 1.05 bits per heavy atom. The van der Waals surface area contributed by atoms with Gasteiger partial charge in [-0.15, -0.1) is 0 Å². The molecule has 1 heterocycles. The fourth-order valence-corrected chi connectivity index (χ4v) is 2.46. The molecule has 0 saturated carbocycles. The van der Waals surface area contributed by atoms with E-state index < -0.39 is 11.7 Å². The van der Waals surface area contributed by atoms with Crippen LogP contribution in [0.1, 0.15) is 20.7 Å². The minimum atomic E-state index is -0.698. The fourth-order valence-electron chi connectivity index (χ4n) is 2.29. The van der Waals surface area contributed by atoms with Crippen molar-refractivity contribution in [3.63, 3.8) is 0 Å². The molecule has 0 fully saturated rings. The van der Waals surface area contributed by atoms with Crippen LogP contribution < -0.4 is 4.90 Å². The molecule has 5 heteroatoms. The molecular formula is C16H10ClNO3. The molecule has 1 amide bonds. The van der Waals surface area contributed by atoms with Gasteiger partial charge in [0.1, 0.15) is 0 Å². The molecule has 3 rings (SSSR count). The van der Waals surface area contributed by atoms with E-state index in [2.05, 4.69) is 0 Å². The van der Waals surface area contributed by atoms with Crippen LogP contribution in [-0.2, 0) is 4.79 Å². The highest BCUT2D eigenvalue weighted by Gasteiger charge is 2.36. The summed E-state index contributed by atoms with van der Waals surface area (Å²) in [6, 6.07) is 13.3. The average Bonchev–Trinajstić information content (AvgIpc) is 2.73. The molecule has 0 saturated heterocycles. The number of Topliss-reactive ketones (excluding diaryl/α,β-unsaturated/α-hetero) is 2. The van der Waals surface area contributed by atoms with E-state index in [0.29, 0.717) is 16.3 Å². The van der Waals surface area contributed by atoms with E-state index in [1.165, 1.54) is 11.0 Å². The number of benzene rings is 2. The molecule has 2 aromatic rings. The highest BCUT2D eigenvalue weighted by atomic mass is 35.5. The topological polar surface area (TPSA) is 54.5 Å². The summed E-state index contributed by atoms with van der Waals surface area (Å²) in [5.41, 5.74) is 1.17. The Morgan fingerprint density at radius 3 is 2.48 bits per heavy atom. The third-order valence-electron chi connectivity index (χ3n) is 3.33. The summed E-state index contributed by atoms with van der Waals surface area (Å²) in [5, 5.41) is 0.381. The highest BCUT2D eigenvalue weighted by molar-refractivity contribution is 6.53. The van der Waals surface area contributed by atoms with Gasteiger partial charge in [-0.25, -0.2) is 0 Å². The maximum atomic E-state index is 12.2. The van der Waals surface area contributed by atoms with Gasteiger partial charge in [0.15, 0.2) is 5.78 Å². The Kier molecular flexibility index (Phi) is 3.31. The van der Waals surface area contributed by atoms with Crippen LogP contribution in [0.25, 0.3) is 0 Å². The molecular weight excluding hydrogens is 290 g/mol. The fraction of sp³-hybridized carbons (Fsp3) is 0.0625. The smallest absolute Gasteiger partial charge is 0.297 e. The number of carbonyl (C=O) groups excluding carboxylic acids is 3. The van der Waals surface area contributed by atoms with Gasteiger partial charge in [0, 0.05) is 10.6 Å². The second kappa shape index (κ2) is 5.14. The van der Waals surface area contributed by atoms with Crippen molar-refractivity contribution in [3.05, 3.63) is 64.7 Å². The summed E-state index contributed by atoms with van der Waals surface area (Å²) in [7, 11) is 0. The van der Waals surface area contributed by atoms with Crippen LogP contribution in [0.2, 0.25) is 5.02 Å². The second-order valence-electron chi connectivity index (χ2n) is 4.67. The molecule has 0 radical (unpaired) electrons. The first kappa shape index (κ1) is 13.5. The first-order valence-electron chi connectivity index (χ1n) is 6.32. The maximum Gasteiger partial charge on any atom is 0.299 e. The number of hydrogen-bond acceptors (Lipinski definition) is 3. The molecule has 0 N–H and O–H groups in total. The van der Waals surface area contributed by atoms with Crippen molar-refractivity contribution < 1.29 is 14.4 Å². The average molecular weight is 300 g/mol. The predicted molar refractivity (Wildman–Crippen MR) is 78.9 cm³/mol. The molecule has 0 unspecified atom stereocenters. The van der Waals surface area contributed by atoms with Crippen LogP contribution >= 0.6 is 11.6 Å². The lowest BCUT2D eigenvalue weighted by Crippen LogP contribution is -2.34. The van der Waals surface area contributed by atoms with Crippen LogP contribution in [0.4, 0.5) is 5.69 Å². The van der Waals surface area contributed by atoms with Gasteiger partial charge >= 0.3 is 0 Å².